The molecule has 1 rings (SSSR count). The fourth-order valence-corrected chi connectivity index (χ4v) is 3.00. The van der Waals surface area contributed by atoms with Crippen molar-refractivity contribution < 1.29 is 38.4 Å². The molecule has 2 unspecified atom stereocenters. The van der Waals surface area contributed by atoms with Crippen molar-refractivity contribution in [2.24, 2.45) is 0 Å². The number of hydrogen-bond donors (Lipinski definition) is 2. The lowest BCUT2D eigenvalue weighted by atomic mass is 10.1. The molecular weight excluding hydrogens is 432 g/mol. The first-order valence-electron chi connectivity index (χ1n) is 10.7. The molecule has 0 radical (unpaired) electrons. The molecule has 0 spiro atoms. The van der Waals surface area contributed by atoms with Crippen LogP contribution in [0.25, 0.3) is 0 Å². The zero-order valence-corrected chi connectivity index (χ0v) is 20.2. The summed E-state index contributed by atoms with van der Waals surface area (Å²) in [6.45, 7) is 6.60. The van der Waals surface area contributed by atoms with Crippen LogP contribution in [0, 0.1) is 0 Å². The number of aliphatic carboxylic acids is 1. The molecule has 1 aromatic carbocycles. The van der Waals surface area contributed by atoms with Gasteiger partial charge in [0.1, 0.15) is 17.7 Å². The Labute approximate surface area is 195 Å². The van der Waals surface area contributed by atoms with Crippen LogP contribution in [0.15, 0.2) is 30.3 Å². The van der Waals surface area contributed by atoms with Crippen LogP contribution < -0.4 is 5.32 Å². The second-order valence-electron chi connectivity index (χ2n) is 8.35. The predicted octanol–water partition coefficient (Wildman–Crippen LogP) is 2.41. The summed E-state index contributed by atoms with van der Waals surface area (Å²) in [7, 11) is 2.77. The van der Waals surface area contributed by atoms with Crippen molar-refractivity contribution >= 4 is 18.0 Å². The van der Waals surface area contributed by atoms with E-state index in [1.165, 1.54) is 14.2 Å². The minimum atomic E-state index is -1.19. The van der Waals surface area contributed by atoms with E-state index in [1.54, 1.807) is 27.7 Å². The lowest BCUT2D eigenvalue weighted by Gasteiger charge is -2.34. The molecule has 0 aliphatic heterocycles. The molecule has 10 nitrogen and oxygen atoms in total. The van der Waals surface area contributed by atoms with Gasteiger partial charge in [0.15, 0.2) is 6.29 Å². The number of carboxylic acid groups (broad SMARTS) is 1. The monoisotopic (exact) mass is 468 g/mol. The minimum absolute atomic E-state index is 0.144. The fraction of sp³-hybridized carbons (Fsp3) is 0.609. The van der Waals surface area contributed by atoms with E-state index in [4.69, 9.17) is 18.9 Å². The highest BCUT2D eigenvalue weighted by Crippen LogP contribution is 2.13. The summed E-state index contributed by atoms with van der Waals surface area (Å²) in [5.74, 6) is -1.83. The van der Waals surface area contributed by atoms with Gasteiger partial charge in [-0.3, -0.25) is 4.79 Å². The van der Waals surface area contributed by atoms with E-state index in [9.17, 15) is 19.5 Å². The van der Waals surface area contributed by atoms with Crippen molar-refractivity contribution in [1.29, 1.82) is 0 Å². The molecule has 0 aliphatic rings. The van der Waals surface area contributed by atoms with E-state index in [0.717, 1.165) is 10.5 Å². The van der Waals surface area contributed by atoms with Gasteiger partial charge in [0.25, 0.3) is 0 Å². The standard InChI is InChI=1S/C23H36N2O8/c1-7-18(21(27)28)25(13-19(30-5)31-6)20(26)17(24-22(29)33-23(2,3)4)15-32-14-16-11-9-8-10-12-16/h8-12,17-19H,7,13-15H2,1-6H3,(H,24,29)(H,27,28). The summed E-state index contributed by atoms with van der Waals surface area (Å²) in [4.78, 5) is 38.8. The Kier molecular flexibility index (Phi) is 11.8. The third kappa shape index (κ3) is 10.2. The van der Waals surface area contributed by atoms with Crippen LogP contribution in [-0.2, 0) is 35.1 Å². The van der Waals surface area contributed by atoms with Crippen LogP contribution >= 0.6 is 0 Å². The number of hydrogen-bond acceptors (Lipinski definition) is 7. The van der Waals surface area contributed by atoms with E-state index < -0.39 is 41.9 Å². The van der Waals surface area contributed by atoms with Gasteiger partial charge in [0, 0.05) is 14.2 Å². The lowest BCUT2D eigenvalue weighted by molar-refractivity contribution is -0.162. The van der Waals surface area contributed by atoms with Crippen LogP contribution in [0.1, 0.15) is 39.7 Å². The van der Waals surface area contributed by atoms with Gasteiger partial charge in [0.05, 0.1) is 19.8 Å². The van der Waals surface area contributed by atoms with Gasteiger partial charge >= 0.3 is 12.1 Å². The van der Waals surface area contributed by atoms with Crippen molar-refractivity contribution in [2.75, 3.05) is 27.4 Å². The third-order valence-electron chi connectivity index (χ3n) is 4.59. The first-order chi connectivity index (χ1) is 15.5. The Bertz CT molecular complexity index is 747. The Morgan fingerprint density at radius 3 is 2.18 bits per heavy atom. The highest BCUT2D eigenvalue weighted by Gasteiger charge is 2.36. The molecule has 0 bridgehead atoms. The smallest absolute Gasteiger partial charge is 0.408 e. The van der Waals surface area contributed by atoms with Gasteiger partial charge in [0.2, 0.25) is 5.91 Å². The van der Waals surface area contributed by atoms with Crippen molar-refractivity contribution in [2.45, 2.75) is 64.7 Å². The number of amides is 2. The number of nitrogens with one attached hydrogen (secondary N) is 1. The third-order valence-corrected chi connectivity index (χ3v) is 4.59. The van der Waals surface area contributed by atoms with Crippen molar-refractivity contribution in [3.05, 3.63) is 35.9 Å². The molecule has 0 saturated carbocycles. The van der Waals surface area contributed by atoms with E-state index >= 15 is 0 Å². The SMILES string of the molecule is CCC(C(=O)O)N(CC(OC)OC)C(=O)C(COCc1ccccc1)NC(=O)OC(C)(C)C. The molecule has 186 valence electrons. The Morgan fingerprint density at radius 2 is 1.70 bits per heavy atom. The first kappa shape index (κ1) is 28.3. The summed E-state index contributed by atoms with van der Waals surface area (Å²) < 4.78 is 21.3. The van der Waals surface area contributed by atoms with E-state index in [2.05, 4.69) is 5.32 Å². The van der Waals surface area contributed by atoms with Crippen LogP contribution in [0.3, 0.4) is 0 Å². The summed E-state index contributed by atoms with van der Waals surface area (Å²) in [5.41, 5.74) is 0.0977. The lowest BCUT2D eigenvalue weighted by Crippen LogP contribution is -2.57. The first-order valence-corrected chi connectivity index (χ1v) is 10.7. The van der Waals surface area contributed by atoms with E-state index in [0.29, 0.717) is 0 Å². The minimum Gasteiger partial charge on any atom is -0.480 e. The summed E-state index contributed by atoms with van der Waals surface area (Å²) in [5, 5.41) is 12.2. The highest BCUT2D eigenvalue weighted by atomic mass is 16.7. The van der Waals surface area contributed by atoms with Crippen LogP contribution in [0.2, 0.25) is 0 Å². The van der Waals surface area contributed by atoms with Crippen molar-refractivity contribution in [3.63, 3.8) is 0 Å². The van der Waals surface area contributed by atoms with E-state index in [1.807, 2.05) is 30.3 Å². The molecule has 0 heterocycles. The number of carboxylic acids is 1. The molecule has 1 aromatic rings. The van der Waals surface area contributed by atoms with Crippen LogP contribution in [-0.4, -0.2) is 79.3 Å². The average molecular weight is 469 g/mol. The number of ether oxygens (including phenoxy) is 4. The molecule has 10 heteroatoms. The number of carbonyl (C=O) groups excluding carboxylic acids is 2. The highest BCUT2D eigenvalue weighted by molar-refractivity contribution is 5.89. The summed E-state index contributed by atoms with van der Waals surface area (Å²) in [6.07, 6.45) is -1.53. The molecule has 33 heavy (non-hydrogen) atoms. The molecule has 0 saturated heterocycles. The fourth-order valence-electron chi connectivity index (χ4n) is 3.00. The van der Waals surface area contributed by atoms with E-state index in [-0.39, 0.29) is 26.2 Å². The summed E-state index contributed by atoms with van der Waals surface area (Å²) >= 11 is 0. The van der Waals surface area contributed by atoms with Crippen LogP contribution in [0.5, 0.6) is 0 Å². The predicted molar refractivity (Wildman–Crippen MR) is 120 cm³/mol. The van der Waals surface area contributed by atoms with Gasteiger partial charge < -0.3 is 34.3 Å². The van der Waals surface area contributed by atoms with Gasteiger partial charge in [-0.15, -0.1) is 0 Å². The normalized spacial score (nSPS) is 13.3. The number of alkyl carbamates (subject to hydrolysis) is 1. The molecule has 0 fully saturated rings. The zero-order chi connectivity index (χ0) is 25.0. The molecular formula is C23H36N2O8. The average Bonchev–Trinajstić information content (AvgIpc) is 2.74. The number of benzene rings is 1. The number of carbonyl (C=O) groups is 3. The maximum Gasteiger partial charge on any atom is 0.408 e. The topological polar surface area (TPSA) is 124 Å². The molecule has 2 N–H and O–H groups in total. The number of methoxy groups -OCH3 is 2. The maximum absolute atomic E-state index is 13.5. The Balaban J connectivity index is 3.12. The van der Waals surface area contributed by atoms with Gasteiger partial charge in [-0.2, -0.15) is 0 Å². The number of nitrogens with zero attached hydrogens (tertiary/aromatic N) is 1. The van der Waals surface area contributed by atoms with Crippen molar-refractivity contribution in [3.8, 4) is 0 Å². The molecule has 0 aromatic heterocycles. The summed E-state index contributed by atoms with van der Waals surface area (Å²) in [6, 6.07) is 6.98. The van der Waals surface area contributed by atoms with Gasteiger partial charge in [-0.25, -0.2) is 9.59 Å². The number of rotatable bonds is 13. The zero-order valence-electron chi connectivity index (χ0n) is 20.2. The Morgan fingerprint density at radius 1 is 1.09 bits per heavy atom. The molecule has 2 amide bonds. The van der Waals surface area contributed by atoms with Crippen LogP contribution in [0.4, 0.5) is 4.79 Å². The quantitative estimate of drug-likeness (QED) is 0.423. The largest absolute Gasteiger partial charge is 0.480 e. The second-order valence-corrected chi connectivity index (χ2v) is 8.35. The second kappa shape index (κ2) is 13.8. The maximum atomic E-state index is 13.5. The Hall–Kier alpha value is -2.69. The van der Waals surface area contributed by atoms with Gasteiger partial charge in [-0.05, 0) is 32.8 Å². The molecule has 2 atom stereocenters. The van der Waals surface area contributed by atoms with Crippen molar-refractivity contribution in [1.82, 2.24) is 10.2 Å². The van der Waals surface area contributed by atoms with Gasteiger partial charge in [-0.1, -0.05) is 37.3 Å². The molecule has 0 aliphatic carbocycles.